The summed E-state index contributed by atoms with van der Waals surface area (Å²) in [5, 5.41) is 11.1. The molecule has 8 nitrogen and oxygen atoms in total. The highest BCUT2D eigenvalue weighted by Crippen LogP contribution is 2.45. The number of carbonyl (C=O) groups excluding carboxylic acids is 1. The van der Waals surface area contributed by atoms with Crippen LogP contribution in [0.15, 0.2) is 16.9 Å². The van der Waals surface area contributed by atoms with Crippen LogP contribution in [0.25, 0.3) is 0 Å². The van der Waals surface area contributed by atoms with E-state index in [9.17, 15) is 4.79 Å². The summed E-state index contributed by atoms with van der Waals surface area (Å²) in [5.41, 5.74) is 2.51. The van der Waals surface area contributed by atoms with Crippen LogP contribution in [0.4, 0.5) is 0 Å². The van der Waals surface area contributed by atoms with Crippen molar-refractivity contribution in [2.45, 2.75) is 25.7 Å². The number of rotatable bonds is 4. The smallest absolute Gasteiger partial charge is 0.249 e. The fourth-order valence-corrected chi connectivity index (χ4v) is 1.74. The van der Waals surface area contributed by atoms with Crippen molar-refractivity contribution in [3.8, 4) is 0 Å². The highest BCUT2D eigenvalue weighted by Gasteiger charge is 2.38. The highest BCUT2D eigenvalue weighted by molar-refractivity contribution is 5.84. The van der Waals surface area contributed by atoms with Crippen LogP contribution >= 0.6 is 0 Å². The van der Waals surface area contributed by atoms with E-state index in [1.165, 1.54) is 17.2 Å². The molecule has 1 aliphatic carbocycles. The van der Waals surface area contributed by atoms with Crippen molar-refractivity contribution in [1.82, 2.24) is 25.2 Å². The third-order valence-electron chi connectivity index (χ3n) is 2.90. The molecule has 0 radical (unpaired) electrons. The number of hydrogen-bond acceptors (Lipinski definition) is 6. The maximum Gasteiger partial charge on any atom is 0.249 e. The van der Waals surface area contributed by atoms with E-state index in [0.717, 1.165) is 6.42 Å². The first kappa shape index (κ1) is 10.9. The number of amides is 1. The normalized spacial score (nSPS) is 21.8. The van der Waals surface area contributed by atoms with Gasteiger partial charge in [-0.3, -0.25) is 4.79 Å². The van der Waals surface area contributed by atoms with E-state index in [1.807, 2.05) is 0 Å². The standard InChI is InChI=1S/C10H12N6O2/c1-6-4-7(6)10-12-9(18-14-10)5-8(17)13-16-3-2-11-15-16/h2-3,6-7H,4-5H2,1H3,(H,13,17). The summed E-state index contributed by atoms with van der Waals surface area (Å²) in [4.78, 5) is 17.0. The summed E-state index contributed by atoms with van der Waals surface area (Å²) in [5.74, 6) is 1.74. The van der Waals surface area contributed by atoms with E-state index in [2.05, 4.69) is 32.8 Å². The van der Waals surface area contributed by atoms with Crippen LogP contribution in [0.2, 0.25) is 0 Å². The van der Waals surface area contributed by atoms with Gasteiger partial charge >= 0.3 is 0 Å². The molecule has 2 aromatic rings. The van der Waals surface area contributed by atoms with Crippen molar-refractivity contribution in [2.75, 3.05) is 5.43 Å². The van der Waals surface area contributed by atoms with Gasteiger partial charge in [-0.05, 0) is 17.6 Å². The van der Waals surface area contributed by atoms with Crippen LogP contribution in [0.3, 0.4) is 0 Å². The topological polar surface area (TPSA) is 98.7 Å². The Balaban J connectivity index is 1.59. The van der Waals surface area contributed by atoms with Gasteiger partial charge in [-0.15, -0.1) is 5.10 Å². The quantitative estimate of drug-likeness (QED) is 0.823. The largest absolute Gasteiger partial charge is 0.339 e. The SMILES string of the molecule is CC1CC1c1noc(CC(=O)Nn2ccnn2)n1. The molecule has 0 spiro atoms. The Labute approximate surface area is 102 Å². The zero-order chi connectivity index (χ0) is 12.5. The van der Waals surface area contributed by atoms with Crippen LogP contribution < -0.4 is 5.43 Å². The van der Waals surface area contributed by atoms with Gasteiger partial charge in [0.1, 0.15) is 6.42 Å². The van der Waals surface area contributed by atoms with E-state index in [-0.39, 0.29) is 12.3 Å². The molecule has 1 saturated carbocycles. The Morgan fingerprint density at radius 1 is 1.67 bits per heavy atom. The van der Waals surface area contributed by atoms with Crippen molar-refractivity contribution in [1.29, 1.82) is 0 Å². The fraction of sp³-hybridized carbons (Fsp3) is 0.500. The molecule has 2 unspecified atom stereocenters. The Morgan fingerprint density at radius 2 is 2.50 bits per heavy atom. The second kappa shape index (κ2) is 4.21. The molecule has 0 bridgehead atoms. The van der Waals surface area contributed by atoms with Gasteiger partial charge < -0.3 is 4.52 Å². The first-order chi connectivity index (χ1) is 8.72. The molecule has 8 heteroatoms. The molecule has 1 fully saturated rings. The third-order valence-corrected chi connectivity index (χ3v) is 2.90. The summed E-state index contributed by atoms with van der Waals surface area (Å²) in [6, 6.07) is 0. The average Bonchev–Trinajstić information content (AvgIpc) is 2.78. The minimum Gasteiger partial charge on any atom is -0.339 e. The predicted octanol–water partition coefficient (Wildman–Crippen LogP) is 0.0973. The molecule has 0 aliphatic heterocycles. The molecule has 2 aromatic heterocycles. The van der Waals surface area contributed by atoms with Crippen molar-refractivity contribution in [3.05, 3.63) is 24.1 Å². The molecule has 2 atom stereocenters. The summed E-state index contributed by atoms with van der Waals surface area (Å²) < 4.78 is 5.04. The van der Waals surface area contributed by atoms with Crippen LogP contribution in [0, 0.1) is 5.92 Å². The first-order valence-electron chi connectivity index (χ1n) is 5.71. The number of nitrogens with zero attached hydrogens (tertiary/aromatic N) is 5. The van der Waals surface area contributed by atoms with Gasteiger partial charge in [0, 0.05) is 5.92 Å². The minimum atomic E-state index is -0.278. The summed E-state index contributed by atoms with van der Waals surface area (Å²) in [7, 11) is 0. The maximum absolute atomic E-state index is 11.6. The maximum atomic E-state index is 11.6. The van der Waals surface area contributed by atoms with Crippen molar-refractivity contribution in [2.24, 2.45) is 5.92 Å². The molecule has 3 rings (SSSR count). The van der Waals surface area contributed by atoms with Crippen LogP contribution in [0.5, 0.6) is 0 Å². The van der Waals surface area contributed by atoms with E-state index in [0.29, 0.717) is 23.6 Å². The lowest BCUT2D eigenvalue weighted by Gasteiger charge is -2.00. The van der Waals surface area contributed by atoms with Crippen LogP contribution in [-0.4, -0.2) is 31.2 Å². The molecule has 1 N–H and O–H groups in total. The van der Waals surface area contributed by atoms with E-state index in [1.54, 1.807) is 0 Å². The van der Waals surface area contributed by atoms with Gasteiger partial charge in [-0.2, -0.15) is 9.77 Å². The van der Waals surface area contributed by atoms with Crippen LogP contribution in [-0.2, 0) is 11.2 Å². The molecule has 1 aliphatic rings. The van der Waals surface area contributed by atoms with Gasteiger partial charge in [-0.25, -0.2) is 5.43 Å². The second-order valence-corrected chi connectivity index (χ2v) is 4.43. The van der Waals surface area contributed by atoms with Crippen molar-refractivity contribution >= 4 is 5.91 Å². The van der Waals surface area contributed by atoms with Gasteiger partial charge in [0.15, 0.2) is 5.82 Å². The number of carbonyl (C=O) groups is 1. The Hall–Kier alpha value is -2.25. The lowest BCUT2D eigenvalue weighted by molar-refractivity contribution is -0.117. The molecular weight excluding hydrogens is 236 g/mol. The van der Waals surface area contributed by atoms with Gasteiger partial charge in [0.05, 0.1) is 12.4 Å². The molecule has 0 aromatic carbocycles. The molecule has 18 heavy (non-hydrogen) atoms. The monoisotopic (exact) mass is 248 g/mol. The predicted molar refractivity (Wildman–Crippen MR) is 58.9 cm³/mol. The minimum absolute atomic E-state index is 0.0357. The number of hydrogen-bond donors (Lipinski definition) is 1. The molecule has 1 amide bonds. The van der Waals surface area contributed by atoms with Crippen molar-refractivity contribution in [3.63, 3.8) is 0 Å². The second-order valence-electron chi connectivity index (χ2n) is 4.43. The van der Waals surface area contributed by atoms with Crippen molar-refractivity contribution < 1.29 is 9.32 Å². The molecule has 94 valence electrons. The summed E-state index contributed by atoms with van der Waals surface area (Å²) in [6.45, 7) is 2.14. The first-order valence-corrected chi connectivity index (χ1v) is 5.71. The number of nitrogens with one attached hydrogen (secondary N) is 1. The summed E-state index contributed by atoms with van der Waals surface area (Å²) in [6.07, 6.45) is 4.13. The zero-order valence-electron chi connectivity index (χ0n) is 9.78. The molecular formula is C10H12N6O2. The molecule has 0 saturated heterocycles. The van der Waals surface area contributed by atoms with Crippen LogP contribution in [0.1, 0.15) is 31.0 Å². The molecule has 2 heterocycles. The lowest BCUT2D eigenvalue weighted by Crippen LogP contribution is -2.25. The van der Waals surface area contributed by atoms with Gasteiger partial charge in [-0.1, -0.05) is 12.1 Å². The van der Waals surface area contributed by atoms with E-state index >= 15 is 0 Å². The Kier molecular flexibility index (Phi) is 2.54. The summed E-state index contributed by atoms with van der Waals surface area (Å²) >= 11 is 0. The van der Waals surface area contributed by atoms with E-state index in [4.69, 9.17) is 4.52 Å². The average molecular weight is 248 g/mol. The highest BCUT2D eigenvalue weighted by atomic mass is 16.5. The zero-order valence-corrected chi connectivity index (χ0v) is 9.78. The lowest BCUT2D eigenvalue weighted by atomic mass is 10.3. The van der Waals surface area contributed by atoms with Gasteiger partial charge in [0.2, 0.25) is 11.8 Å². The van der Waals surface area contributed by atoms with E-state index < -0.39 is 0 Å². The number of aromatic nitrogens is 5. The van der Waals surface area contributed by atoms with Gasteiger partial charge in [0.25, 0.3) is 0 Å². The third kappa shape index (κ3) is 2.22. The Morgan fingerprint density at radius 3 is 3.17 bits per heavy atom. The fourth-order valence-electron chi connectivity index (χ4n) is 1.74. The Bertz CT molecular complexity index is 548.